The van der Waals surface area contributed by atoms with Crippen LogP contribution in [-0.4, -0.2) is 77.3 Å². The first-order valence-corrected chi connectivity index (χ1v) is 11.8. The third-order valence-electron chi connectivity index (χ3n) is 5.10. The van der Waals surface area contributed by atoms with Crippen LogP contribution >= 0.6 is 0 Å². The van der Waals surface area contributed by atoms with Crippen molar-refractivity contribution in [3.63, 3.8) is 0 Å². The Morgan fingerprint density at radius 3 is 1.20 bits per heavy atom. The third-order valence-corrected chi connectivity index (χ3v) is 5.10. The fourth-order valence-corrected chi connectivity index (χ4v) is 2.84. The Bertz CT molecular complexity index is 779. The molecule has 0 N–H and O–H groups in total. The van der Waals surface area contributed by atoms with E-state index in [0.717, 1.165) is 37.3 Å². The van der Waals surface area contributed by atoms with Gasteiger partial charge in [0.05, 0.1) is 0 Å². The smallest absolute Gasteiger partial charge is 0.660 e. The van der Waals surface area contributed by atoms with Gasteiger partial charge in [-0.2, -0.15) is 49.2 Å². The summed E-state index contributed by atoms with van der Waals surface area (Å²) in [5, 5.41) is 4.41. The topological polar surface area (TPSA) is 23.8 Å². The minimum atomic E-state index is 0. The summed E-state index contributed by atoms with van der Waals surface area (Å²) in [4.78, 5) is 6.76. The molecule has 1 heterocycles. The maximum Gasteiger partial charge on any atom is 6.00 e. The van der Waals surface area contributed by atoms with E-state index in [2.05, 4.69) is 60.1 Å². The van der Waals surface area contributed by atoms with Gasteiger partial charge in [0, 0.05) is 32.9 Å². The van der Waals surface area contributed by atoms with Gasteiger partial charge in [0.25, 0.3) is 0 Å². The number of nitrogens with zero attached hydrogens (tertiary/aromatic N) is 4. The summed E-state index contributed by atoms with van der Waals surface area (Å²) in [6, 6.07) is 30.0. The number of para-hydroxylation sites is 1. The molecule has 4 nitrogen and oxygen atoms in total. The van der Waals surface area contributed by atoms with E-state index in [9.17, 15) is 0 Å². The van der Waals surface area contributed by atoms with Crippen molar-refractivity contribution in [2.24, 2.45) is 0 Å². The van der Waals surface area contributed by atoms with Crippen LogP contribution in [0.15, 0.2) is 91.0 Å². The fraction of sp³-hybridized carbons (Fsp3) is 0.333. The number of anilines is 1. The van der Waals surface area contributed by atoms with E-state index in [1.54, 1.807) is 0 Å². The molecule has 1 aliphatic heterocycles. The summed E-state index contributed by atoms with van der Waals surface area (Å²) in [6.07, 6.45) is 0. The molecular weight excluding hydrogens is 468 g/mol. The maximum atomic E-state index is 4.41. The Labute approximate surface area is 226 Å². The molecule has 186 valence electrons. The molecule has 0 spiro atoms. The monoisotopic (exact) mass is 511 g/mol. The molecule has 0 radical (unpaired) electrons. The van der Waals surface area contributed by atoms with Gasteiger partial charge in [-0.3, -0.25) is 0 Å². The van der Waals surface area contributed by atoms with Crippen molar-refractivity contribution >= 4 is 5.69 Å². The van der Waals surface area contributed by atoms with Gasteiger partial charge in [0.15, 0.2) is 0 Å². The van der Waals surface area contributed by atoms with Gasteiger partial charge >= 0.3 is 17.4 Å². The van der Waals surface area contributed by atoms with Crippen LogP contribution in [0, 0.1) is 13.8 Å². The fourth-order valence-electron chi connectivity index (χ4n) is 2.84. The van der Waals surface area contributed by atoms with Crippen LogP contribution in [0.25, 0.3) is 5.32 Å². The van der Waals surface area contributed by atoms with Crippen LogP contribution in [0.5, 0.6) is 0 Å². The summed E-state index contributed by atoms with van der Waals surface area (Å²) in [5.41, 5.74) is 3.39. The van der Waals surface area contributed by atoms with Gasteiger partial charge in [-0.15, -0.1) is 37.4 Å². The molecule has 0 aliphatic carbocycles. The van der Waals surface area contributed by atoms with Crippen molar-refractivity contribution in [3.8, 4) is 0 Å². The molecule has 0 aromatic heterocycles. The second-order valence-electron chi connectivity index (χ2n) is 8.48. The Morgan fingerprint density at radius 1 is 0.600 bits per heavy atom. The second kappa shape index (κ2) is 20.9. The van der Waals surface area contributed by atoms with Gasteiger partial charge in [-0.25, -0.2) is 0 Å². The molecule has 0 atom stereocenters. The van der Waals surface area contributed by atoms with Gasteiger partial charge in [-0.1, -0.05) is 30.3 Å². The van der Waals surface area contributed by atoms with Crippen LogP contribution in [0.4, 0.5) is 5.69 Å². The summed E-state index contributed by atoms with van der Waals surface area (Å²) in [6.45, 7) is 14.0. The van der Waals surface area contributed by atoms with Crippen LogP contribution in [0.3, 0.4) is 0 Å². The van der Waals surface area contributed by atoms with Crippen molar-refractivity contribution < 1.29 is 17.4 Å². The zero-order valence-electron chi connectivity index (χ0n) is 22.0. The van der Waals surface area contributed by atoms with Crippen molar-refractivity contribution in [1.82, 2.24) is 9.80 Å². The quantitative estimate of drug-likeness (QED) is 0.390. The summed E-state index contributed by atoms with van der Waals surface area (Å²) >= 11 is 0. The minimum Gasteiger partial charge on any atom is -0.660 e. The van der Waals surface area contributed by atoms with E-state index in [0.29, 0.717) is 0 Å². The van der Waals surface area contributed by atoms with Crippen LogP contribution in [0.1, 0.15) is 11.1 Å². The molecule has 3 aromatic carbocycles. The van der Waals surface area contributed by atoms with Crippen molar-refractivity contribution in [1.29, 1.82) is 0 Å². The van der Waals surface area contributed by atoms with Gasteiger partial charge in [0.1, 0.15) is 0 Å². The molecule has 3 aromatic rings. The van der Waals surface area contributed by atoms with Crippen LogP contribution < -0.4 is 4.90 Å². The van der Waals surface area contributed by atoms with Gasteiger partial charge < -0.3 is 20.0 Å². The average Bonchev–Trinajstić information content (AvgIpc) is 2.94. The number of likely N-dealkylation sites (N-methyl/N-ethyl adjacent to an activating group) is 2. The standard InChI is InChI=1S/C8H18N3.C8H11N.2C7H7.Cr/c1-10-5-3-9-4-6-11(2)8-7-10;1-9(2)8-6-4-3-5-7-8;2*1-7-5-3-2-4-6-7;/h3-8H2,1-2H3;3-7H,1-2H3;2*2-6H,1H2;/q-1;;2*-1;+6. The summed E-state index contributed by atoms with van der Waals surface area (Å²) in [5.74, 6) is 0. The normalized spacial score (nSPS) is 13.8. The Balaban J connectivity index is 0.000000444. The van der Waals surface area contributed by atoms with Crippen molar-refractivity contribution in [2.45, 2.75) is 0 Å². The predicted octanol–water partition coefficient (Wildman–Crippen LogP) is 5.72. The average molecular weight is 512 g/mol. The molecule has 1 aliphatic rings. The first-order chi connectivity index (χ1) is 16.4. The number of rotatable bonds is 1. The Hall–Kier alpha value is -2.39. The molecule has 0 saturated carbocycles. The van der Waals surface area contributed by atoms with E-state index >= 15 is 0 Å². The summed E-state index contributed by atoms with van der Waals surface area (Å²) < 4.78 is 0. The second-order valence-corrected chi connectivity index (χ2v) is 8.48. The van der Waals surface area contributed by atoms with Crippen LogP contribution in [-0.2, 0) is 17.4 Å². The first kappa shape index (κ1) is 32.6. The number of hydrogen-bond donors (Lipinski definition) is 0. The van der Waals surface area contributed by atoms with E-state index in [1.807, 2.05) is 93.0 Å². The Morgan fingerprint density at radius 2 is 0.943 bits per heavy atom. The van der Waals surface area contributed by atoms with Crippen molar-refractivity contribution in [2.75, 3.05) is 72.4 Å². The molecule has 0 amide bonds. The third kappa shape index (κ3) is 18.6. The molecule has 1 saturated heterocycles. The molecule has 1 fully saturated rings. The molecule has 35 heavy (non-hydrogen) atoms. The van der Waals surface area contributed by atoms with Crippen molar-refractivity contribution in [3.05, 3.63) is 121 Å². The first-order valence-electron chi connectivity index (χ1n) is 11.8. The summed E-state index contributed by atoms with van der Waals surface area (Å²) in [7, 11) is 8.40. The molecule has 0 bridgehead atoms. The predicted molar refractivity (Wildman–Crippen MR) is 151 cm³/mol. The minimum absolute atomic E-state index is 0. The van der Waals surface area contributed by atoms with Crippen LogP contribution in [0.2, 0.25) is 0 Å². The van der Waals surface area contributed by atoms with E-state index < -0.39 is 0 Å². The van der Waals surface area contributed by atoms with E-state index in [1.165, 1.54) is 18.8 Å². The number of benzene rings is 3. The van der Waals surface area contributed by atoms with Gasteiger partial charge in [-0.05, 0) is 39.3 Å². The Kier molecular flexibility index (Phi) is 19.5. The molecule has 0 unspecified atom stereocenters. The van der Waals surface area contributed by atoms with Gasteiger partial charge in [0.2, 0.25) is 0 Å². The number of hydrogen-bond acceptors (Lipinski definition) is 3. The SMILES string of the molecule is CN(C)c1ccccc1.CN1CC[N-]CCN(C)CC1.[CH2-]c1ccccc1.[CH2-]c1ccccc1.[Cr+6]. The maximum absolute atomic E-state index is 4.41. The molecular formula is C30H43CrN4+3. The largest absolute Gasteiger partial charge is 6.00 e. The van der Waals surface area contributed by atoms with E-state index in [4.69, 9.17) is 0 Å². The zero-order chi connectivity index (χ0) is 25.0. The van der Waals surface area contributed by atoms with E-state index in [-0.39, 0.29) is 17.4 Å². The zero-order valence-corrected chi connectivity index (χ0v) is 23.3. The molecule has 5 heteroatoms. The molecule has 4 rings (SSSR count).